The fourth-order valence-corrected chi connectivity index (χ4v) is 2.75. The first-order valence-electron chi connectivity index (χ1n) is 7.43. The van der Waals surface area contributed by atoms with E-state index in [-0.39, 0.29) is 5.69 Å². The summed E-state index contributed by atoms with van der Waals surface area (Å²) >= 11 is 0. The number of aliphatic hydroxyl groups is 1. The van der Waals surface area contributed by atoms with Crippen molar-refractivity contribution < 1.29 is 14.6 Å². The van der Waals surface area contributed by atoms with E-state index in [0.717, 1.165) is 31.6 Å². The third-order valence-corrected chi connectivity index (χ3v) is 3.78. The molecule has 1 aromatic heterocycles. The zero-order chi connectivity index (χ0) is 15.2. The fourth-order valence-electron chi connectivity index (χ4n) is 2.75. The number of nitrogens with two attached hydrogens (primary N) is 1. The molecule has 4 N–H and O–H groups in total. The monoisotopic (exact) mass is 296 g/mol. The number of carbonyl (C=O) groups is 1. The van der Waals surface area contributed by atoms with Crippen molar-refractivity contribution in [2.75, 3.05) is 32.8 Å². The van der Waals surface area contributed by atoms with Crippen molar-refractivity contribution in [2.24, 2.45) is 5.73 Å². The number of H-pyrrole nitrogens is 1. The summed E-state index contributed by atoms with van der Waals surface area (Å²) < 4.78 is 5.23. The van der Waals surface area contributed by atoms with E-state index in [9.17, 15) is 9.90 Å². The molecule has 7 heteroatoms. The Morgan fingerprint density at radius 3 is 3.19 bits per heavy atom. The van der Waals surface area contributed by atoms with Crippen molar-refractivity contribution in [3.8, 4) is 0 Å². The van der Waals surface area contributed by atoms with Gasteiger partial charge >= 0.3 is 0 Å². The van der Waals surface area contributed by atoms with Gasteiger partial charge in [0.1, 0.15) is 5.69 Å². The molecular weight excluding hydrogens is 272 g/mol. The van der Waals surface area contributed by atoms with Crippen molar-refractivity contribution in [3.05, 3.63) is 17.5 Å². The summed E-state index contributed by atoms with van der Waals surface area (Å²) in [5, 5.41) is 16.7. The number of nitrogens with zero attached hydrogens (tertiary/aromatic N) is 2. The fraction of sp³-hybridized carbons (Fsp3) is 0.714. The lowest BCUT2D eigenvalue weighted by atomic mass is 9.94. The molecule has 0 aliphatic carbocycles. The predicted molar refractivity (Wildman–Crippen MR) is 78.0 cm³/mol. The molecular formula is C14H24N4O3. The molecule has 2 rings (SSSR count). The summed E-state index contributed by atoms with van der Waals surface area (Å²) in [6.07, 6.45) is 1.63. The van der Waals surface area contributed by atoms with Crippen LogP contribution >= 0.6 is 0 Å². The number of hydrogen-bond donors (Lipinski definition) is 3. The lowest BCUT2D eigenvalue weighted by molar-refractivity contribution is 0.0160. The van der Waals surface area contributed by atoms with Crippen LogP contribution in [0.4, 0.5) is 0 Å². The lowest BCUT2D eigenvalue weighted by Crippen LogP contribution is -2.40. The van der Waals surface area contributed by atoms with E-state index in [1.165, 1.54) is 0 Å². The number of aromatic nitrogens is 2. The summed E-state index contributed by atoms with van der Waals surface area (Å²) in [6.45, 7) is 5.31. The van der Waals surface area contributed by atoms with Crippen molar-refractivity contribution in [1.29, 1.82) is 0 Å². The molecule has 1 aliphatic heterocycles. The smallest absolute Gasteiger partial charge is 0.269 e. The second-order valence-electron chi connectivity index (χ2n) is 5.48. The number of aliphatic hydroxyl groups excluding tert-OH is 1. The Balaban J connectivity index is 1.89. The minimum absolute atomic E-state index is 0.276. The minimum atomic E-state index is -0.516. The number of aromatic amines is 1. The first-order chi connectivity index (χ1) is 10.1. The van der Waals surface area contributed by atoms with Crippen molar-refractivity contribution in [3.63, 3.8) is 0 Å². The van der Waals surface area contributed by atoms with E-state index in [1.807, 2.05) is 6.92 Å². The zero-order valence-electron chi connectivity index (χ0n) is 12.4. The summed E-state index contributed by atoms with van der Waals surface area (Å²) in [5.41, 5.74) is 6.43. The predicted octanol–water partition coefficient (Wildman–Crippen LogP) is 0.0854. The molecule has 1 amide bonds. The maximum atomic E-state index is 11.1. The number of piperidine rings is 1. The lowest BCUT2D eigenvalue weighted by Gasteiger charge is -2.33. The first-order valence-corrected chi connectivity index (χ1v) is 7.43. The highest BCUT2D eigenvalue weighted by Gasteiger charge is 2.24. The molecule has 1 aliphatic rings. The molecule has 7 nitrogen and oxygen atoms in total. The van der Waals surface area contributed by atoms with Crippen LogP contribution in [0.15, 0.2) is 6.07 Å². The van der Waals surface area contributed by atoms with Gasteiger partial charge in [0.2, 0.25) is 0 Å². The van der Waals surface area contributed by atoms with Gasteiger partial charge in [0.15, 0.2) is 0 Å². The van der Waals surface area contributed by atoms with E-state index in [4.69, 9.17) is 10.5 Å². The van der Waals surface area contributed by atoms with E-state index in [0.29, 0.717) is 25.7 Å². The van der Waals surface area contributed by atoms with Gasteiger partial charge in [0.05, 0.1) is 12.7 Å². The molecule has 1 aromatic rings. The van der Waals surface area contributed by atoms with E-state index >= 15 is 0 Å². The molecule has 1 saturated heterocycles. The molecule has 0 bridgehead atoms. The van der Waals surface area contributed by atoms with Gasteiger partial charge in [-0.15, -0.1) is 0 Å². The summed E-state index contributed by atoms with van der Waals surface area (Å²) in [7, 11) is 0. The number of β-amino-alcohol motifs (C(OH)–C–C–N with tert-alkyl or cyclic N) is 1. The van der Waals surface area contributed by atoms with Crippen LogP contribution in [0.5, 0.6) is 0 Å². The van der Waals surface area contributed by atoms with Crippen molar-refractivity contribution >= 4 is 5.91 Å². The maximum Gasteiger partial charge on any atom is 0.269 e. The summed E-state index contributed by atoms with van der Waals surface area (Å²) in [4.78, 5) is 13.3. The SMILES string of the molecule is CCOC[C@@H](O)CN1CCC[C@@H](c2cc(C(N)=O)n[nH]2)C1. The van der Waals surface area contributed by atoms with Crippen LogP contribution in [0.25, 0.3) is 0 Å². The van der Waals surface area contributed by atoms with E-state index in [2.05, 4.69) is 15.1 Å². The number of likely N-dealkylation sites (tertiary alicyclic amines) is 1. The normalized spacial score (nSPS) is 21.3. The number of amides is 1. The van der Waals surface area contributed by atoms with Gasteiger partial charge in [0, 0.05) is 31.3 Å². The second kappa shape index (κ2) is 7.53. The highest BCUT2D eigenvalue weighted by atomic mass is 16.5. The molecule has 21 heavy (non-hydrogen) atoms. The Morgan fingerprint density at radius 2 is 2.52 bits per heavy atom. The Morgan fingerprint density at radius 1 is 1.71 bits per heavy atom. The van der Waals surface area contributed by atoms with Crippen LogP contribution in [0.3, 0.4) is 0 Å². The number of carbonyl (C=O) groups excluding carboxylic acids is 1. The molecule has 0 aromatic carbocycles. The largest absolute Gasteiger partial charge is 0.389 e. The molecule has 118 valence electrons. The third kappa shape index (κ3) is 4.52. The number of nitrogens with one attached hydrogen (secondary N) is 1. The summed E-state index contributed by atoms with van der Waals surface area (Å²) in [6, 6.07) is 1.73. The quantitative estimate of drug-likeness (QED) is 0.661. The van der Waals surface area contributed by atoms with Crippen LogP contribution in [0.1, 0.15) is 41.9 Å². The van der Waals surface area contributed by atoms with Gasteiger partial charge in [-0.1, -0.05) is 0 Å². The van der Waals surface area contributed by atoms with Gasteiger partial charge in [-0.25, -0.2) is 0 Å². The molecule has 2 heterocycles. The topological polar surface area (TPSA) is 104 Å². The highest BCUT2D eigenvalue weighted by molar-refractivity contribution is 5.90. The van der Waals surface area contributed by atoms with Crippen LogP contribution in [-0.2, 0) is 4.74 Å². The number of ether oxygens (including phenoxy) is 1. The van der Waals surface area contributed by atoms with Crippen LogP contribution in [-0.4, -0.2) is 65.1 Å². The van der Waals surface area contributed by atoms with Crippen LogP contribution in [0.2, 0.25) is 0 Å². The molecule has 0 spiro atoms. The van der Waals surface area contributed by atoms with Crippen LogP contribution in [0, 0.1) is 0 Å². The van der Waals surface area contributed by atoms with Gasteiger partial charge in [-0.3, -0.25) is 9.89 Å². The molecule has 0 unspecified atom stereocenters. The maximum absolute atomic E-state index is 11.1. The number of primary amides is 1. The molecule has 0 radical (unpaired) electrons. The molecule has 0 saturated carbocycles. The average Bonchev–Trinajstić information content (AvgIpc) is 2.95. The molecule has 2 atom stereocenters. The Hall–Kier alpha value is -1.44. The van der Waals surface area contributed by atoms with E-state index < -0.39 is 12.0 Å². The first kappa shape index (κ1) is 15.9. The Labute approximate surface area is 124 Å². The molecule has 1 fully saturated rings. The number of hydrogen-bond acceptors (Lipinski definition) is 5. The standard InChI is InChI=1S/C14H24N4O3/c1-2-21-9-11(19)8-18-5-3-4-10(7-18)12-6-13(14(15)20)17-16-12/h6,10-11,19H,2-5,7-9H2,1H3,(H2,15,20)(H,16,17)/t10-,11+/m1/s1. The second-order valence-corrected chi connectivity index (χ2v) is 5.48. The zero-order valence-corrected chi connectivity index (χ0v) is 12.4. The van der Waals surface area contributed by atoms with Crippen LogP contribution < -0.4 is 5.73 Å². The minimum Gasteiger partial charge on any atom is -0.389 e. The van der Waals surface area contributed by atoms with Gasteiger partial charge in [0.25, 0.3) is 5.91 Å². The van der Waals surface area contributed by atoms with Crippen molar-refractivity contribution in [2.45, 2.75) is 31.8 Å². The highest BCUT2D eigenvalue weighted by Crippen LogP contribution is 2.25. The average molecular weight is 296 g/mol. The van der Waals surface area contributed by atoms with Gasteiger partial charge in [-0.2, -0.15) is 5.10 Å². The number of rotatable bonds is 7. The van der Waals surface area contributed by atoms with E-state index in [1.54, 1.807) is 6.07 Å². The summed E-state index contributed by atoms with van der Waals surface area (Å²) in [5.74, 6) is -0.226. The third-order valence-electron chi connectivity index (χ3n) is 3.78. The van der Waals surface area contributed by atoms with Gasteiger partial charge in [-0.05, 0) is 32.4 Å². The van der Waals surface area contributed by atoms with Crippen molar-refractivity contribution in [1.82, 2.24) is 15.1 Å². The Bertz CT molecular complexity index is 463. The van der Waals surface area contributed by atoms with Gasteiger partial charge < -0.3 is 20.5 Å². The Kier molecular flexibility index (Phi) is 5.72.